The molecule has 0 aliphatic heterocycles. The van der Waals surface area contributed by atoms with Gasteiger partial charge in [-0.1, -0.05) is 0 Å². The number of rotatable bonds is 5. The summed E-state index contributed by atoms with van der Waals surface area (Å²) >= 11 is 0. The fourth-order valence-electron chi connectivity index (χ4n) is 1.00. The van der Waals surface area contributed by atoms with Crippen molar-refractivity contribution in [2.75, 3.05) is 6.61 Å². The van der Waals surface area contributed by atoms with Crippen molar-refractivity contribution in [3.05, 3.63) is 16.8 Å². The minimum absolute atomic E-state index is 0.168. The van der Waals surface area contributed by atoms with Crippen molar-refractivity contribution in [1.82, 2.24) is 14.8 Å². The molecule has 0 unspecified atom stereocenters. The van der Waals surface area contributed by atoms with E-state index in [9.17, 15) is 4.79 Å². The van der Waals surface area contributed by atoms with Crippen LogP contribution in [0, 0.1) is 0 Å². The maximum absolute atomic E-state index is 10.9. The van der Waals surface area contributed by atoms with Gasteiger partial charge in [-0.15, -0.1) is 0 Å². The molecule has 1 heterocycles. The van der Waals surface area contributed by atoms with Crippen molar-refractivity contribution in [2.24, 2.45) is 0 Å². The van der Waals surface area contributed by atoms with Crippen molar-refractivity contribution >= 4 is 0 Å². The zero-order valence-corrected chi connectivity index (χ0v) is 6.86. The molecule has 1 rings (SSSR count). The Morgan fingerprint density at radius 2 is 2.33 bits per heavy atom. The van der Waals surface area contributed by atoms with E-state index in [4.69, 9.17) is 5.11 Å². The smallest absolute Gasteiger partial charge is 0.343 e. The quantitative estimate of drug-likeness (QED) is 0.599. The van der Waals surface area contributed by atoms with Crippen LogP contribution in [0.25, 0.3) is 0 Å². The van der Waals surface area contributed by atoms with Crippen molar-refractivity contribution in [3.63, 3.8) is 0 Å². The summed E-state index contributed by atoms with van der Waals surface area (Å²) in [5, 5.41) is 14.4. The first-order valence-electron chi connectivity index (χ1n) is 4.05. The van der Waals surface area contributed by atoms with Crippen LogP contribution in [0.4, 0.5) is 0 Å². The number of unbranched alkanes of at least 4 members (excludes halogenated alkanes) is 2. The molecule has 5 nitrogen and oxygen atoms in total. The molecule has 2 N–H and O–H groups in total. The number of aliphatic hydroxyl groups excluding tert-OH is 1. The summed E-state index contributed by atoms with van der Waals surface area (Å²) in [6.07, 6.45) is 4.13. The van der Waals surface area contributed by atoms with Gasteiger partial charge in [0.1, 0.15) is 6.33 Å². The number of aliphatic hydroxyl groups is 1. The molecular weight excluding hydrogens is 158 g/mol. The highest BCUT2D eigenvalue weighted by molar-refractivity contribution is 4.62. The van der Waals surface area contributed by atoms with Crippen LogP contribution in [-0.2, 0) is 6.54 Å². The predicted octanol–water partition coefficient (Wildman–Crippen LogP) is -0.266. The average molecular weight is 171 g/mol. The predicted molar refractivity (Wildman–Crippen MR) is 43.8 cm³/mol. The second kappa shape index (κ2) is 4.71. The number of aromatic amines is 1. The summed E-state index contributed by atoms with van der Waals surface area (Å²) < 4.78 is 1.53. The second-order valence-electron chi connectivity index (χ2n) is 2.64. The minimum Gasteiger partial charge on any atom is -0.396 e. The fraction of sp³-hybridized carbons (Fsp3) is 0.714. The van der Waals surface area contributed by atoms with E-state index in [-0.39, 0.29) is 12.3 Å². The molecule has 0 saturated carbocycles. The Hall–Kier alpha value is -1.10. The van der Waals surface area contributed by atoms with Gasteiger partial charge in [-0.05, 0) is 19.3 Å². The Bertz CT molecular complexity index is 266. The van der Waals surface area contributed by atoms with E-state index in [1.807, 2.05) is 0 Å². The van der Waals surface area contributed by atoms with Gasteiger partial charge in [0.25, 0.3) is 0 Å². The molecular formula is C7H13N3O2. The van der Waals surface area contributed by atoms with Gasteiger partial charge in [-0.25, -0.2) is 9.89 Å². The molecule has 12 heavy (non-hydrogen) atoms. The standard InChI is InChI=1S/C7H13N3O2/c11-5-3-1-2-4-10-6-8-9-7(10)12/h6,11H,1-5H2,(H,9,12). The first kappa shape index (κ1) is 8.99. The maximum Gasteiger partial charge on any atom is 0.343 e. The summed E-state index contributed by atoms with van der Waals surface area (Å²) in [4.78, 5) is 10.9. The Balaban J connectivity index is 2.24. The monoisotopic (exact) mass is 171 g/mol. The molecule has 0 saturated heterocycles. The third-order valence-electron chi connectivity index (χ3n) is 1.68. The van der Waals surface area contributed by atoms with Gasteiger partial charge in [0.05, 0.1) is 0 Å². The van der Waals surface area contributed by atoms with Gasteiger partial charge >= 0.3 is 5.69 Å². The third-order valence-corrected chi connectivity index (χ3v) is 1.68. The molecule has 1 aromatic heterocycles. The molecule has 0 atom stereocenters. The van der Waals surface area contributed by atoms with Gasteiger partial charge in [-0.2, -0.15) is 5.10 Å². The van der Waals surface area contributed by atoms with Gasteiger partial charge in [0, 0.05) is 13.2 Å². The molecule has 0 bridgehead atoms. The van der Waals surface area contributed by atoms with Crippen LogP contribution >= 0.6 is 0 Å². The van der Waals surface area contributed by atoms with Crippen molar-refractivity contribution in [3.8, 4) is 0 Å². The highest BCUT2D eigenvalue weighted by Crippen LogP contribution is 1.95. The molecule has 0 aliphatic carbocycles. The Morgan fingerprint density at radius 1 is 1.50 bits per heavy atom. The maximum atomic E-state index is 10.9. The van der Waals surface area contributed by atoms with Crippen LogP contribution in [0.5, 0.6) is 0 Å². The lowest BCUT2D eigenvalue weighted by molar-refractivity contribution is 0.281. The van der Waals surface area contributed by atoms with E-state index in [1.54, 1.807) is 0 Å². The Labute approximate surface area is 70.0 Å². The van der Waals surface area contributed by atoms with Crippen molar-refractivity contribution in [2.45, 2.75) is 25.8 Å². The van der Waals surface area contributed by atoms with Gasteiger partial charge in [0.2, 0.25) is 0 Å². The normalized spacial score (nSPS) is 10.4. The van der Waals surface area contributed by atoms with E-state index in [0.29, 0.717) is 6.54 Å². The van der Waals surface area contributed by atoms with Crippen LogP contribution in [0.15, 0.2) is 11.1 Å². The lowest BCUT2D eigenvalue weighted by atomic mass is 10.2. The SMILES string of the molecule is O=c1[nH]ncn1CCCCCO. The summed E-state index contributed by atoms with van der Waals surface area (Å²) in [5.41, 5.74) is -0.168. The minimum atomic E-state index is -0.168. The van der Waals surface area contributed by atoms with Crippen LogP contribution < -0.4 is 5.69 Å². The van der Waals surface area contributed by atoms with Crippen LogP contribution in [0.3, 0.4) is 0 Å². The number of nitrogens with one attached hydrogen (secondary N) is 1. The summed E-state index contributed by atoms with van der Waals surface area (Å²) in [7, 11) is 0. The fourth-order valence-corrected chi connectivity index (χ4v) is 1.00. The number of H-pyrrole nitrogens is 1. The molecule has 0 amide bonds. The van der Waals surface area contributed by atoms with E-state index in [2.05, 4.69) is 10.2 Å². The van der Waals surface area contributed by atoms with Crippen molar-refractivity contribution < 1.29 is 5.11 Å². The molecule has 0 radical (unpaired) electrons. The molecule has 0 aliphatic rings. The highest BCUT2D eigenvalue weighted by Gasteiger charge is 1.95. The number of hydrogen-bond acceptors (Lipinski definition) is 3. The number of aryl methyl sites for hydroxylation is 1. The number of aromatic nitrogens is 3. The lowest BCUT2D eigenvalue weighted by Gasteiger charge is -1.98. The van der Waals surface area contributed by atoms with E-state index >= 15 is 0 Å². The van der Waals surface area contributed by atoms with E-state index in [0.717, 1.165) is 19.3 Å². The van der Waals surface area contributed by atoms with Gasteiger partial charge < -0.3 is 5.11 Å². The van der Waals surface area contributed by atoms with Crippen molar-refractivity contribution in [1.29, 1.82) is 0 Å². The van der Waals surface area contributed by atoms with Gasteiger partial charge in [0.15, 0.2) is 0 Å². The molecule has 0 spiro atoms. The van der Waals surface area contributed by atoms with Crippen LogP contribution in [0.1, 0.15) is 19.3 Å². The molecule has 1 aromatic rings. The van der Waals surface area contributed by atoms with Crippen LogP contribution in [-0.4, -0.2) is 26.5 Å². The molecule has 68 valence electrons. The third kappa shape index (κ3) is 2.50. The van der Waals surface area contributed by atoms with E-state index < -0.39 is 0 Å². The topological polar surface area (TPSA) is 70.9 Å². The summed E-state index contributed by atoms with van der Waals surface area (Å²) in [6.45, 7) is 0.898. The molecule has 5 heteroatoms. The second-order valence-corrected chi connectivity index (χ2v) is 2.64. The molecule has 0 aromatic carbocycles. The Kier molecular flexibility index (Phi) is 3.53. The number of hydrogen-bond donors (Lipinski definition) is 2. The van der Waals surface area contributed by atoms with E-state index in [1.165, 1.54) is 10.9 Å². The highest BCUT2D eigenvalue weighted by atomic mass is 16.2. The summed E-state index contributed by atoms with van der Waals surface area (Å²) in [5.74, 6) is 0. The first-order chi connectivity index (χ1) is 5.84. The van der Waals surface area contributed by atoms with Gasteiger partial charge in [-0.3, -0.25) is 4.57 Å². The van der Waals surface area contributed by atoms with Crippen LogP contribution in [0.2, 0.25) is 0 Å². The zero-order chi connectivity index (χ0) is 8.81. The molecule has 0 fully saturated rings. The largest absolute Gasteiger partial charge is 0.396 e. The average Bonchev–Trinajstić information content (AvgIpc) is 2.46. The zero-order valence-electron chi connectivity index (χ0n) is 6.86. The lowest BCUT2D eigenvalue weighted by Crippen LogP contribution is -2.16. The summed E-state index contributed by atoms with van der Waals surface area (Å²) in [6, 6.07) is 0. The Morgan fingerprint density at radius 3 is 2.92 bits per heavy atom. The first-order valence-corrected chi connectivity index (χ1v) is 4.05. The number of nitrogens with zero attached hydrogens (tertiary/aromatic N) is 2.